The number of nitrogens with one attached hydrogen (secondary N) is 2. The van der Waals surface area contributed by atoms with E-state index in [2.05, 4.69) is 15.3 Å². The van der Waals surface area contributed by atoms with E-state index in [0.29, 0.717) is 6.61 Å². The quantitative estimate of drug-likeness (QED) is 0.826. The largest absolute Gasteiger partial charge is 0.368 e. The number of amides is 1. The highest BCUT2D eigenvalue weighted by molar-refractivity contribution is 5.95. The fraction of sp³-hybridized carbons (Fsp3) is 0.333. The standard InChI is InChI=1S/C12H13N3O2/c16-12(11-2-1-5-17-11)15-8-3-4-9-10(6-8)14-7-13-9/h3-4,6-7,11H,1-2,5H2,(H,13,14)(H,15,16). The van der Waals surface area contributed by atoms with Crippen LogP contribution in [0, 0.1) is 0 Å². The molecule has 1 saturated heterocycles. The van der Waals surface area contributed by atoms with Gasteiger partial charge in [0, 0.05) is 12.3 Å². The number of H-pyrrole nitrogens is 1. The Kier molecular flexibility index (Phi) is 2.53. The second kappa shape index (κ2) is 4.18. The summed E-state index contributed by atoms with van der Waals surface area (Å²) in [5.41, 5.74) is 2.57. The molecule has 2 N–H and O–H groups in total. The van der Waals surface area contributed by atoms with E-state index < -0.39 is 0 Å². The van der Waals surface area contributed by atoms with Gasteiger partial charge in [-0.25, -0.2) is 4.98 Å². The highest BCUT2D eigenvalue weighted by atomic mass is 16.5. The second-order valence-electron chi connectivity index (χ2n) is 4.13. The first-order chi connectivity index (χ1) is 8.33. The molecule has 0 radical (unpaired) electrons. The molecule has 88 valence electrons. The lowest BCUT2D eigenvalue weighted by atomic mass is 10.2. The number of carbonyl (C=O) groups excluding carboxylic acids is 1. The molecule has 2 heterocycles. The fourth-order valence-corrected chi connectivity index (χ4v) is 2.02. The van der Waals surface area contributed by atoms with Crippen LogP contribution in [0.15, 0.2) is 24.5 Å². The van der Waals surface area contributed by atoms with E-state index in [1.165, 1.54) is 0 Å². The Morgan fingerprint density at radius 3 is 3.29 bits per heavy atom. The zero-order chi connectivity index (χ0) is 11.7. The summed E-state index contributed by atoms with van der Waals surface area (Å²) in [6.07, 6.45) is 3.10. The number of hydrogen-bond donors (Lipinski definition) is 2. The van der Waals surface area contributed by atoms with Gasteiger partial charge >= 0.3 is 0 Å². The minimum atomic E-state index is -0.299. The molecule has 1 fully saturated rings. The minimum Gasteiger partial charge on any atom is -0.368 e. The zero-order valence-corrected chi connectivity index (χ0v) is 9.27. The Bertz CT molecular complexity index is 543. The van der Waals surface area contributed by atoms with Crippen LogP contribution in [0.25, 0.3) is 11.0 Å². The molecule has 3 rings (SSSR count). The minimum absolute atomic E-state index is 0.0682. The number of benzene rings is 1. The van der Waals surface area contributed by atoms with Crippen LogP contribution >= 0.6 is 0 Å². The molecule has 0 aliphatic carbocycles. The molecule has 1 unspecified atom stereocenters. The Hall–Kier alpha value is -1.88. The van der Waals surface area contributed by atoms with Crippen LogP contribution < -0.4 is 5.32 Å². The predicted molar refractivity (Wildman–Crippen MR) is 63.7 cm³/mol. The van der Waals surface area contributed by atoms with Gasteiger partial charge in [-0.15, -0.1) is 0 Å². The van der Waals surface area contributed by atoms with Crippen molar-refractivity contribution in [1.82, 2.24) is 9.97 Å². The van der Waals surface area contributed by atoms with Crippen molar-refractivity contribution in [1.29, 1.82) is 0 Å². The summed E-state index contributed by atoms with van der Waals surface area (Å²) in [4.78, 5) is 19.0. The lowest BCUT2D eigenvalue weighted by Gasteiger charge is -2.10. The molecule has 1 aromatic heterocycles. The summed E-state index contributed by atoms with van der Waals surface area (Å²) >= 11 is 0. The van der Waals surface area contributed by atoms with Gasteiger partial charge in [0.15, 0.2) is 0 Å². The monoisotopic (exact) mass is 231 g/mol. The van der Waals surface area contributed by atoms with Crippen LogP contribution in [-0.4, -0.2) is 28.6 Å². The van der Waals surface area contributed by atoms with Crippen molar-refractivity contribution in [2.75, 3.05) is 11.9 Å². The molecule has 5 heteroatoms. The number of aromatic amines is 1. The highest BCUT2D eigenvalue weighted by Gasteiger charge is 2.23. The lowest BCUT2D eigenvalue weighted by Crippen LogP contribution is -2.26. The molecule has 0 bridgehead atoms. The van der Waals surface area contributed by atoms with E-state index in [9.17, 15) is 4.79 Å². The third kappa shape index (κ3) is 2.01. The van der Waals surface area contributed by atoms with Crippen LogP contribution in [0.2, 0.25) is 0 Å². The van der Waals surface area contributed by atoms with E-state index in [-0.39, 0.29) is 12.0 Å². The smallest absolute Gasteiger partial charge is 0.253 e. The summed E-state index contributed by atoms with van der Waals surface area (Å²) in [6.45, 7) is 0.678. The number of rotatable bonds is 2. The maximum atomic E-state index is 11.8. The average Bonchev–Trinajstić information content (AvgIpc) is 2.99. The third-order valence-corrected chi connectivity index (χ3v) is 2.91. The number of carbonyl (C=O) groups is 1. The molecule has 0 spiro atoms. The normalized spacial score (nSPS) is 19.6. The first-order valence-electron chi connectivity index (χ1n) is 5.68. The molecule has 1 atom stereocenters. The number of aromatic nitrogens is 2. The van der Waals surface area contributed by atoms with Gasteiger partial charge in [-0.2, -0.15) is 0 Å². The summed E-state index contributed by atoms with van der Waals surface area (Å²) in [7, 11) is 0. The number of fused-ring (bicyclic) bond motifs is 1. The molecule has 0 saturated carbocycles. The number of ether oxygens (including phenoxy) is 1. The maximum Gasteiger partial charge on any atom is 0.253 e. The molecule has 17 heavy (non-hydrogen) atoms. The van der Waals surface area contributed by atoms with E-state index in [1.54, 1.807) is 6.33 Å². The number of nitrogens with zero attached hydrogens (tertiary/aromatic N) is 1. The van der Waals surface area contributed by atoms with Crippen molar-refractivity contribution in [3.05, 3.63) is 24.5 Å². The molecule has 1 aromatic carbocycles. The van der Waals surface area contributed by atoms with Crippen LogP contribution in [-0.2, 0) is 9.53 Å². The Labute approximate surface area is 98.2 Å². The van der Waals surface area contributed by atoms with E-state index in [1.807, 2.05) is 18.2 Å². The van der Waals surface area contributed by atoms with Gasteiger partial charge in [0.1, 0.15) is 6.10 Å². The van der Waals surface area contributed by atoms with Crippen molar-refractivity contribution >= 4 is 22.6 Å². The van der Waals surface area contributed by atoms with Gasteiger partial charge < -0.3 is 15.0 Å². The fourth-order valence-electron chi connectivity index (χ4n) is 2.02. The van der Waals surface area contributed by atoms with Crippen LogP contribution in [0.3, 0.4) is 0 Å². The van der Waals surface area contributed by atoms with Crippen molar-refractivity contribution < 1.29 is 9.53 Å². The Morgan fingerprint density at radius 2 is 2.47 bits per heavy atom. The van der Waals surface area contributed by atoms with Crippen molar-refractivity contribution in [2.45, 2.75) is 18.9 Å². The number of imidazole rings is 1. The predicted octanol–water partition coefficient (Wildman–Crippen LogP) is 1.68. The van der Waals surface area contributed by atoms with Gasteiger partial charge in [0.05, 0.1) is 17.4 Å². The SMILES string of the molecule is O=C(Nc1ccc2nc[nH]c2c1)C1CCCO1. The van der Waals surface area contributed by atoms with Gasteiger partial charge in [-0.05, 0) is 31.0 Å². The summed E-state index contributed by atoms with van der Waals surface area (Å²) in [5.74, 6) is -0.0682. The highest BCUT2D eigenvalue weighted by Crippen LogP contribution is 2.18. The molecule has 5 nitrogen and oxygen atoms in total. The molecule has 1 aliphatic heterocycles. The van der Waals surface area contributed by atoms with Crippen molar-refractivity contribution in [3.63, 3.8) is 0 Å². The van der Waals surface area contributed by atoms with Gasteiger partial charge in [0.2, 0.25) is 0 Å². The van der Waals surface area contributed by atoms with Crippen LogP contribution in [0.5, 0.6) is 0 Å². The molecule has 2 aromatic rings. The van der Waals surface area contributed by atoms with E-state index in [0.717, 1.165) is 29.6 Å². The number of anilines is 1. The van der Waals surface area contributed by atoms with E-state index in [4.69, 9.17) is 4.74 Å². The van der Waals surface area contributed by atoms with Gasteiger partial charge in [-0.1, -0.05) is 0 Å². The summed E-state index contributed by atoms with van der Waals surface area (Å²) in [5, 5.41) is 2.85. The van der Waals surface area contributed by atoms with Crippen molar-refractivity contribution in [3.8, 4) is 0 Å². The Morgan fingerprint density at radius 1 is 1.53 bits per heavy atom. The molecular formula is C12H13N3O2. The first-order valence-corrected chi connectivity index (χ1v) is 5.68. The topological polar surface area (TPSA) is 67.0 Å². The molecular weight excluding hydrogens is 218 g/mol. The maximum absolute atomic E-state index is 11.8. The Balaban J connectivity index is 1.77. The third-order valence-electron chi connectivity index (χ3n) is 2.91. The van der Waals surface area contributed by atoms with Crippen LogP contribution in [0.1, 0.15) is 12.8 Å². The summed E-state index contributed by atoms with van der Waals surface area (Å²) in [6, 6.07) is 5.59. The van der Waals surface area contributed by atoms with Gasteiger partial charge in [0.25, 0.3) is 5.91 Å². The second-order valence-corrected chi connectivity index (χ2v) is 4.13. The number of hydrogen-bond acceptors (Lipinski definition) is 3. The van der Waals surface area contributed by atoms with Crippen LogP contribution in [0.4, 0.5) is 5.69 Å². The van der Waals surface area contributed by atoms with Crippen molar-refractivity contribution in [2.24, 2.45) is 0 Å². The average molecular weight is 231 g/mol. The van der Waals surface area contributed by atoms with E-state index >= 15 is 0 Å². The molecule has 1 aliphatic rings. The lowest BCUT2D eigenvalue weighted by molar-refractivity contribution is -0.124. The summed E-state index contributed by atoms with van der Waals surface area (Å²) < 4.78 is 5.33. The molecule has 1 amide bonds. The zero-order valence-electron chi connectivity index (χ0n) is 9.27. The first kappa shape index (κ1) is 10.3. The van der Waals surface area contributed by atoms with Gasteiger partial charge in [-0.3, -0.25) is 4.79 Å².